The fourth-order valence-corrected chi connectivity index (χ4v) is 2.23. The van der Waals surface area contributed by atoms with E-state index in [-0.39, 0.29) is 0 Å². The minimum Gasteiger partial charge on any atom is -0.489 e. The third-order valence-corrected chi connectivity index (χ3v) is 3.57. The van der Waals surface area contributed by atoms with E-state index in [1.165, 1.54) is 5.56 Å². The third-order valence-electron chi connectivity index (χ3n) is 3.57. The van der Waals surface area contributed by atoms with Gasteiger partial charge in [0.05, 0.1) is 11.3 Å². The predicted octanol–water partition coefficient (Wildman–Crippen LogP) is 3.89. The fourth-order valence-electron chi connectivity index (χ4n) is 2.23. The molecule has 0 bridgehead atoms. The zero-order chi connectivity index (χ0) is 16.2. The molecule has 0 radical (unpaired) electrons. The van der Waals surface area contributed by atoms with Crippen LogP contribution in [0.3, 0.4) is 0 Å². The van der Waals surface area contributed by atoms with E-state index in [0.717, 1.165) is 16.9 Å². The van der Waals surface area contributed by atoms with Gasteiger partial charge in [0.2, 0.25) is 0 Å². The Labute approximate surface area is 135 Å². The van der Waals surface area contributed by atoms with E-state index in [9.17, 15) is 4.79 Å². The van der Waals surface area contributed by atoms with E-state index in [0.29, 0.717) is 17.9 Å². The Morgan fingerprint density at radius 1 is 1.13 bits per heavy atom. The second kappa shape index (κ2) is 6.48. The van der Waals surface area contributed by atoms with Crippen molar-refractivity contribution in [1.29, 1.82) is 0 Å². The summed E-state index contributed by atoms with van der Waals surface area (Å²) in [6.45, 7) is 4.30. The van der Waals surface area contributed by atoms with Gasteiger partial charge in [-0.05, 0) is 43.2 Å². The van der Waals surface area contributed by atoms with Crippen LogP contribution >= 0.6 is 0 Å². The lowest BCUT2D eigenvalue weighted by atomic mass is 10.1. The first-order valence-corrected chi connectivity index (χ1v) is 7.38. The predicted molar refractivity (Wildman–Crippen MR) is 89.1 cm³/mol. The lowest BCUT2D eigenvalue weighted by Gasteiger charge is -2.07. The molecule has 4 nitrogen and oxygen atoms in total. The summed E-state index contributed by atoms with van der Waals surface area (Å²) in [7, 11) is 0. The van der Waals surface area contributed by atoms with Gasteiger partial charge in [0.25, 0.3) is 0 Å². The molecule has 0 spiro atoms. The fraction of sp³-hybridized carbons (Fsp3) is 0.158. The van der Waals surface area contributed by atoms with E-state index in [2.05, 4.69) is 41.2 Å². The first-order valence-electron chi connectivity index (χ1n) is 7.38. The van der Waals surface area contributed by atoms with Crippen LogP contribution in [0.15, 0.2) is 59.3 Å². The van der Waals surface area contributed by atoms with Crippen LogP contribution in [-0.2, 0) is 16.2 Å². The van der Waals surface area contributed by atoms with Gasteiger partial charge in [-0.15, -0.1) is 0 Å². The number of benzene rings is 2. The summed E-state index contributed by atoms with van der Waals surface area (Å²) in [5.74, 6) is 0.328. The molecule has 0 saturated carbocycles. The van der Waals surface area contributed by atoms with Crippen LogP contribution in [0.4, 0.5) is 0 Å². The van der Waals surface area contributed by atoms with Gasteiger partial charge in [-0.3, -0.25) is 0 Å². The van der Waals surface area contributed by atoms with Gasteiger partial charge < -0.3 is 9.57 Å². The molecule has 1 aliphatic rings. The number of ether oxygens (including phenoxy) is 1. The molecule has 0 N–H and O–H groups in total. The Balaban J connectivity index is 1.73. The van der Waals surface area contributed by atoms with E-state index < -0.39 is 5.97 Å². The lowest BCUT2D eigenvalue weighted by molar-refractivity contribution is -0.136. The minimum absolute atomic E-state index is 0.423. The van der Waals surface area contributed by atoms with Crippen molar-refractivity contribution in [2.24, 2.45) is 5.16 Å². The molecule has 0 amide bonds. The zero-order valence-electron chi connectivity index (χ0n) is 13.1. The number of aryl methyl sites for hydroxylation is 1. The SMILES string of the molecule is CC1=NOC(=O)/C1=C/c1cccc(OCc2ccc(C)cc2)c1. The number of hydrogen-bond donors (Lipinski definition) is 0. The number of carbonyl (C=O) groups is 1. The molecule has 2 aromatic carbocycles. The van der Waals surface area contributed by atoms with Crippen LogP contribution in [0.5, 0.6) is 5.75 Å². The molecule has 1 aliphatic heterocycles. The standard InChI is InChI=1S/C19H17NO3/c1-13-6-8-15(9-7-13)12-22-17-5-3-4-16(10-17)11-18-14(2)20-23-19(18)21/h3-11H,12H2,1-2H3/b18-11+. The van der Waals surface area contributed by atoms with Crippen molar-refractivity contribution in [3.63, 3.8) is 0 Å². The number of carbonyl (C=O) groups excluding carboxylic acids is 1. The maximum Gasteiger partial charge on any atom is 0.367 e. The van der Waals surface area contributed by atoms with Crippen molar-refractivity contribution >= 4 is 17.8 Å². The van der Waals surface area contributed by atoms with Crippen LogP contribution in [0, 0.1) is 6.92 Å². The molecule has 4 heteroatoms. The topological polar surface area (TPSA) is 47.9 Å². The zero-order valence-corrected chi connectivity index (χ0v) is 13.1. The summed E-state index contributed by atoms with van der Waals surface area (Å²) in [6.07, 6.45) is 1.76. The van der Waals surface area contributed by atoms with Crippen LogP contribution in [0.2, 0.25) is 0 Å². The quantitative estimate of drug-likeness (QED) is 0.636. The Bertz CT molecular complexity index is 789. The molecule has 0 fully saturated rings. The van der Waals surface area contributed by atoms with Crippen LogP contribution in [-0.4, -0.2) is 11.7 Å². The van der Waals surface area contributed by atoms with Crippen molar-refractivity contribution in [3.05, 3.63) is 70.8 Å². The van der Waals surface area contributed by atoms with Crippen LogP contribution in [0.1, 0.15) is 23.6 Å². The Morgan fingerprint density at radius 2 is 1.91 bits per heavy atom. The smallest absolute Gasteiger partial charge is 0.367 e. The van der Waals surface area contributed by atoms with Gasteiger partial charge in [0.1, 0.15) is 12.4 Å². The summed E-state index contributed by atoms with van der Waals surface area (Å²) in [5.41, 5.74) is 4.26. The molecule has 23 heavy (non-hydrogen) atoms. The number of oxime groups is 1. The van der Waals surface area contributed by atoms with Crippen LogP contribution in [0.25, 0.3) is 6.08 Å². The monoisotopic (exact) mass is 307 g/mol. The van der Waals surface area contributed by atoms with Crippen molar-refractivity contribution < 1.29 is 14.4 Å². The summed E-state index contributed by atoms with van der Waals surface area (Å²) >= 11 is 0. The van der Waals surface area contributed by atoms with Crippen molar-refractivity contribution in [2.75, 3.05) is 0 Å². The Morgan fingerprint density at radius 3 is 2.61 bits per heavy atom. The summed E-state index contributed by atoms with van der Waals surface area (Å²) in [5, 5.41) is 3.67. The third kappa shape index (κ3) is 3.66. The number of nitrogens with zero attached hydrogens (tertiary/aromatic N) is 1. The van der Waals surface area contributed by atoms with Gasteiger partial charge >= 0.3 is 5.97 Å². The highest BCUT2D eigenvalue weighted by Crippen LogP contribution is 2.20. The normalized spacial score (nSPS) is 15.5. The summed E-state index contributed by atoms with van der Waals surface area (Å²) < 4.78 is 5.82. The van der Waals surface area contributed by atoms with Gasteiger partial charge in [-0.25, -0.2) is 4.79 Å². The van der Waals surface area contributed by atoms with E-state index in [1.807, 2.05) is 24.3 Å². The van der Waals surface area contributed by atoms with E-state index in [1.54, 1.807) is 13.0 Å². The highest BCUT2D eigenvalue weighted by molar-refractivity contribution is 6.24. The first-order chi connectivity index (χ1) is 11.1. The van der Waals surface area contributed by atoms with Crippen LogP contribution < -0.4 is 4.74 Å². The van der Waals surface area contributed by atoms with E-state index in [4.69, 9.17) is 4.74 Å². The minimum atomic E-state index is -0.423. The molecule has 116 valence electrons. The van der Waals surface area contributed by atoms with E-state index >= 15 is 0 Å². The Hall–Kier alpha value is -2.88. The molecular formula is C19H17NO3. The summed E-state index contributed by atoms with van der Waals surface area (Å²) in [4.78, 5) is 16.2. The molecule has 0 saturated heterocycles. The molecule has 3 rings (SSSR count). The maximum atomic E-state index is 11.6. The van der Waals surface area contributed by atoms with Gasteiger partial charge in [0, 0.05) is 0 Å². The molecule has 0 unspecified atom stereocenters. The largest absolute Gasteiger partial charge is 0.489 e. The second-order valence-electron chi connectivity index (χ2n) is 5.46. The molecule has 1 heterocycles. The molecule has 0 aromatic heterocycles. The highest BCUT2D eigenvalue weighted by Gasteiger charge is 2.21. The molecule has 0 aliphatic carbocycles. The highest BCUT2D eigenvalue weighted by atomic mass is 16.7. The lowest BCUT2D eigenvalue weighted by Crippen LogP contribution is -2.01. The molecule has 0 atom stereocenters. The number of rotatable bonds is 4. The van der Waals surface area contributed by atoms with Gasteiger partial charge in [-0.1, -0.05) is 47.1 Å². The molecule has 2 aromatic rings. The maximum absolute atomic E-state index is 11.6. The summed E-state index contributed by atoms with van der Waals surface area (Å²) in [6, 6.07) is 15.8. The van der Waals surface area contributed by atoms with Gasteiger partial charge in [0.15, 0.2) is 0 Å². The number of hydrogen-bond acceptors (Lipinski definition) is 4. The average Bonchev–Trinajstić information content (AvgIpc) is 2.87. The van der Waals surface area contributed by atoms with Crippen molar-refractivity contribution in [1.82, 2.24) is 0 Å². The van der Waals surface area contributed by atoms with Crippen molar-refractivity contribution in [2.45, 2.75) is 20.5 Å². The van der Waals surface area contributed by atoms with Gasteiger partial charge in [-0.2, -0.15) is 0 Å². The second-order valence-corrected chi connectivity index (χ2v) is 5.46. The average molecular weight is 307 g/mol. The van der Waals surface area contributed by atoms with Crippen molar-refractivity contribution in [3.8, 4) is 5.75 Å². The molecular weight excluding hydrogens is 290 g/mol. The first kappa shape index (κ1) is 15.0. The Kier molecular flexibility index (Phi) is 4.24.